The number of methoxy groups -OCH3 is 1. The highest BCUT2D eigenvalue weighted by molar-refractivity contribution is 6.74. The molecule has 0 aliphatic rings. The molecule has 0 heterocycles. The number of hydrogen-bond acceptors (Lipinski definition) is 2. The first-order chi connectivity index (χ1) is 6.74. The maximum atomic E-state index is 5.99. The number of ether oxygens (including phenoxy) is 1. The predicted octanol–water partition coefficient (Wildman–Crippen LogP) is 3.05. The van der Waals surface area contributed by atoms with Gasteiger partial charge >= 0.3 is 0 Å². The molecule has 0 radical (unpaired) electrons. The Hall–Kier alpha value is -0.303. The summed E-state index contributed by atoms with van der Waals surface area (Å²) in [6, 6.07) is 0. The quantitative estimate of drug-likeness (QED) is 0.532. The van der Waals surface area contributed by atoms with Gasteiger partial charge in [-0.1, -0.05) is 26.7 Å². The normalized spacial score (nSPS) is 14.7. The van der Waals surface area contributed by atoms with Crippen LogP contribution in [0.3, 0.4) is 0 Å². The first-order valence-electron chi connectivity index (χ1n) is 5.37. The zero-order valence-corrected chi connectivity index (χ0v) is 11.9. The van der Waals surface area contributed by atoms with Gasteiger partial charge in [-0.15, -0.1) is 6.42 Å². The fourth-order valence-electron chi connectivity index (χ4n) is 0.907. The van der Waals surface area contributed by atoms with Gasteiger partial charge in [-0.05, 0) is 18.1 Å². The summed E-state index contributed by atoms with van der Waals surface area (Å²) in [7, 11) is 0.0144. The van der Waals surface area contributed by atoms with Crippen LogP contribution in [0.4, 0.5) is 0 Å². The fraction of sp³-hybridized carbons (Fsp3) is 0.833. The predicted molar refractivity (Wildman–Crippen MR) is 67.4 cm³/mol. The van der Waals surface area contributed by atoms with Crippen LogP contribution >= 0.6 is 0 Å². The molecule has 0 aromatic rings. The van der Waals surface area contributed by atoms with Gasteiger partial charge in [0.1, 0.15) is 6.10 Å². The molecule has 3 heteroatoms. The first kappa shape index (κ1) is 14.7. The van der Waals surface area contributed by atoms with E-state index in [1.165, 1.54) is 0 Å². The molecule has 0 aromatic heterocycles. The summed E-state index contributed by atoms with van der Waals surface area (Å²) in [6.07, 6.45) is 5.96. The summed E-state index contributed by atoms with van der Waals surface area (Å²) in [5, 5.41) is 0.256. The fourth-order valence-corrected chi connectivity index (χ4v) is 1.97. The van der Waals surface area contributed by atoms with Crippen LogP contribution in [0.2, 0.25) is 18.1 Å². The lowest BCUT2D eigenvalue weighted by molar-refractivity contribution is 0.120. The number of terminal acetylenes is 1. The van der Waals surface area contributed by atoms with Crippen molar-refractivity contribution in [3.63, 3.8) is 0 Å². The molecule has 0 spiro atoms. The van der Waals surface area contributed by atoms with Crippen LogP contribution < -0.4 is 0 Å². The van der Waals surface area contributed by atoms with Crippen molar-refractivity contribution in [2.24, 2.45) is 0 Å². The second-order valence-corrected chi connectivity index (χ2v) is 10.1. The number of hydrogen-bond donors (Lipinski definition) is 0. The largest absolute Gasteiger partial charge is 0.417 e. The smallest absolute Gasteiger partial charge is 0.191 e. The summed E-state index contributed by atoms with van der Waals surface area (Å²) in [6.45, 7) is 11.9. The van der Waals surface area contributed by atoms with Crippen LogP contribution in [0.15, 0.2) is 0 Å². The molecule has 2 nitrogen and oxygen atoms in total. The molecule has 0 saturated carbocycles. The Labute approximate surface area is 95.5 Å². The van der Waals surface area contributed by atoms with Crippen LogP contribution in [-0.2, 0) is 9.16 Å². The monoisotopic (exact) mass is 228 g/mol. The molecule has 0 amide bonds. The van der Waals surface area contributed by atoms with Gasteiger partial charge in [0.25, 0.3) is 0 Å². The molecule has 1 atom stereocenters. The summed E-state index contributed by atoms with van der Waals surface area (Å²) in [4.78, 5) is 0. The van der Waals surface area contributed by atoms with Gasteiger partial charge in [-0.2, -0.15) is 0 Å². The van der Waals surface area contributed by atoms with Crippen LogP contribution in [0.5, 0.6) is 0 Å². The molecule has 0 aromatic carbocycles. The van der Waals surface area contributed by atoms with Crippen molar-refractivity contribution in [1.29, 1.82) is 0 Å². The van der Waals surface area contributed by atoms with E-state index in [4.69, 9.17) is 15.6 Å². The average molecular weight is 228 g/mol. The van der Waals surface area contributed by atoms with Gasteiger partial charge in [0.15, 0.2) is 8.32 Å². The Balaban J connectivity index is 4.02. The van der Waals surface area contributed by atoms with Crippen LogP contribution in [0, 0.1) is 12.3 Å². The third kappa shape index (κ3) is 4.83. The highest BCUT2D eigenvalue weighted by Gasteiger charge is 2.36. The molecule has 0 aliphatic heterocycles. The lowest BCUT2D eigenvalue weighted by Crippen LogP contribution is -2.41. The van der Waals surface area contributed by atoms with Gasteiger partial charge in [0.2, 0.25) is 0 Å². The van der Waals surface area contributed by atoms with Crippen molar-refractivity contribution < 1.29 is 9.16 Å². The van der Waals surface area contributed by atoms with Crippen molar-refractivity contribution in [2.45, 2.75) is 51.4 Å². The van der Waals surface area contributed by atoms with Gasteiger partial charge in [0, 0.05) is 20.1 Å². The number of rotatable bonds is 5. The lowest BCUT2D eigenvalue weighted by Gasteiger charge is -2.36. The Bertz CT molecular complexity index is 223. The molecule has 1 unspecified atom stereocenters. The summed E-state index contributed by atoms with van der Waals surface area (Å²) < 4.78 is 11.1. The zero-order chi connectivity index (χ0) is 12.1. The van der Waals surface area contributed by atoms with Gasteiger partial charge in [-0.3, -0.25) is 0 Å². The van der Waals surface area contributed by atoms with E-state index < -0.39 is 8.32 Å². The Morgan fingerprint density at radius 3 is 2.20 bits per heavy atom. The van der Waals surface area contributed by atoms with Gasteiger partial charge < -0.3 is 9.16 Å². The Morgan fingerprint density at radius 1 is 1.33 bits per heavy atom. The second-order valence-electron chi connectivity index (χ2n) is 5.29. The minimum absolute atomic E-state index is 0.116. The Kier molecular flexibility index (Phi) is 5.58. The first-order valence-corrected chi connectivity index (χ1v) is 8.28. The second kappa shape index (κ2) is 5.69. The van der Waals surface area contributed by atoms with Gasteiger partial charge in [-0.25, -0.2) is 0 Å². The minimum Gasteiger partial charge on any atom is -0.417 e. The van der Waals surface area contributed by atoms with Crippen molar-refractivity contribution in [3.8, 4) is 12.3 Å². The van der Waals surface area contributed by atoms with E-state index >= 15 is 0 Å². The molecule has 0 bridgehead atoms. The summed E-state index contributed by atoms with van der Waals surface area (Å²) >= 11 is 0. The maximum absolute atomic E-state index is 5.99. The standard InChI is InChI=1S/C12H24O2Si/c1-8-11(13-5)9-10-14-15(6,7)12(2,3)4/h1,11H,9-10H2,2-7H3. The van der Waals surface area contributed by atoms with Crippen molar-refractivity contribution in [1.82, 2.24) is 0 Å². The maximum Gasteiger partial charge on any atom is 0.191 e. The third-order valence-corrected chi connectivity index (χ3v) is 7.66. The van der Waals surface area contributed by atoms with Gasteiger partial charge in [0.05, 0.1) is 0 Å². The molecule has 0 rings (SSSR count). The van der Waals surface area contributed by atoms with Crippen molar-refractivity contribution >= 4 is 8.32 Å². The van der Waals surface area contributed by atoms with E-state index in [2.05, 4.69) is 39.8 Å². The van der Waals surface area contributed by atoms with E-state index in [1.807, 2.05) is 0 Å². The molecular formula is C12H24O2Si. The van der Waals surface area contributed by atoms with Crippen molar-refractivity contribution in [3.05, 3.63) is 0 Å². The summed E-state index contributed by atoms with van der Waals surface area (Å²) in [5.41, 5.74) is 0. The van der Waals surface area contributed by atoms with Crippen molar-refractivity contribution in [2.75, 3.05) is 13.7 Å². The van der Waals surface area contributed by atoms with Crippen LogP contribution in [-0.4, -0.2) is 28.1 Å². The highest BCUT2D eigenvalue weighted by Crippen LogP contribution is 2.36. The lowest BCUT2D eigenvalue weighted by atomic mass is 10.2. The molecular weight excluding hydrogens is 204 g/mol. The topological polar surface area (TPSA) is 18.5 Å². The SMILES string of the molecule is C#CC(CCO[Si](C)(C)C(C)(C)C)OC. The highest BCUT2D eigenvalue weighted by atomic mass is 28.4. The Morgan fingerprint density at radius 2 is 1.87 bits per heavy atom. The molecule has 0 aliphatic carbocycles. The van der Waals surface area contributed by atoms with Crippen LogP contribution in [0.1, 0.15) is 27.2 Å². The molecule has 88 valence electrons. The molecule has 0 fully saturated rings. The molecule has 15 heavy (non-hydrogen) atoms. The van der Waals surface area contributed by atoms with E-state index in [-0.39, 0.29) is 11.1 Å². The average Bonchev–Trinajstić information content (AvgIpc) is 2.10. The third-order valence-electron chi connectivity index (χ3n) is 3.12. The molecule has 0 N–H and O–H groups in total. The zero-order valence-electron chi connectivity index (χ0n) is 10.9. The molecule has 0 saturated heterocycles. The summed E-state index contributed by atoms with van der Waals surface area (Å²) in [5.74, 6) is 2.59. The van der Waals surface area contributed by atoms with E-state index in [9.17, 15) is 0 Å². The van der Waals surface area contributed by atoms with E-state index in [0.29, 0.717) is 6.61 Å². The van der Waals surface area contributed by atoms with E-state index in [0.717, 1.165) is 6.42 Å². The minimum atomic E-state index is -1.62. The van der Waals surface area contributed by atoms with E-state index in [1.54, 1.807) is 7.11 Å². The van der Waals surface area contributed by atoms with Crippen LogP contribution in [0.25, 0.3) is 0 Å².